The molecule has 0 radical (unpaired) electrons. The van der Waals surface area contributed by atoms with Gasteiger partial charge >= 0.3 is 6.03 Å². The molecule has 0 aliphatic rings. The van der Waals surface area contributed by atoms with Crippen molar-refractivity contribution in [2.75, 3.05) is 10.6 Å². The van der Waals surface area contributed by atoms with Gasteiger partial charge in [-0.1, -0.05) is 43.3 Å². The van der Waals surface area contributed by atoms with Crippen LogP contribution in [0.3, 0.4) is 0 Å². The van der Waals surface area contributed by atoms with E-state index in [1.807, 2.05) is 83.5 Å². The fourth-order valence-corrected chi connectivity index (χ4v) is 3.07. The normalized spacial score (nSPS) is 10.7. The molecule has 0 atom stereocenters. The van der Waals surface area contributed by atoms with Crippen LogP contribution in [0.1, 0.15) is 12.5 Å². The van der Waals surface area contributed by atoms with Gasteiger partial charge in [0.1, 0.15) is 5.65 Å². The van der Waals surface area contributed by atoms with Gasteiger partial charge in [-0.3, -0.25) is 0 Å². The van der Waals surface area contributed by atoms with E-state index in [0.29, 0.717) is 0 Å². The molecule has 2 aromatic carbocycles. The highest BCUT2D eigenvalue weighted by atomic mass is 16.2. The van der Waals surface area contributed by atoms with Crippen LogP contribution in [0.5, 0.6) is 0 Å². The van der Waals surface area contributed by atoms with Gasteiger partial charge in [-0.15, -0.1) is 0 Å². The molecule has 2 heterocycles. The smallest absolute Gasteiger partial charge is 0.308 e. The van der Waals surface area contributed by atoms with Gasteiger partial charge < -0.3 is 15.0 Å². The van der Waals surface area contributed by atoms with Gasteiger partial charge in [-0.05, 0) is 42.3 Å². The molecular formula is C22H20N4O. The van der Waals surface area contributed by atoms with Gasteiger partial charge in [0.2, 0.25) is 0 Å². The lowest BCUT2D eigenvalue weighted by molar-refractivity contribution is 0.262. The van der Waals surface area contributed by atoms with E-state index < -0.39 is 0 Å². The predicted molar refractivity (Wildman–Crippen MR) is 109 cm³/mol. The average Bonchev–Trinajstić information content (AvgIpc) is 3.13. The number of pyridine rings is 1. The van der Waals surface area contributed by atoms with Crippen LogP contribution in [0.4, 0.5) is 16.2 Å². The van der Waals surface area contributed by atoms with E-state index in [1.165, 1.54) is 0 Å². The van der Waals surface area contributed by atoms with Crippen molar-refractivity contribution in [3.63, 3.8) is 0 Å². The lowest BCUT2D eigenvalue weighted by Crippen LogP contribution is -2.20. The third-order valence-corrected chi connectivity index (χ3v) is 4.43. The number of hydrogen-bond acceptors (Lipinski definition) is 2. The van der Waals surface area contributed by atoms with Crippen LogP contribution in [0.25, 0.3) is 16.9 Å². The molecule has 2 N–H and O–H groups in total. The first-order chi connectivity index (χ1) is 13.2. The lowest BCUT2D eigenvalue weighted by atomic mass is 10.1. The number of carbonyl (C=O) groups is 1. The lowest BCUT2D eigenvalue weighted by Gasteiger charge is -2.11. The first-order valence-electron chi connectivity index (χ1n) is 8.93. The second kappa shape index (κ2) is 7.33. The summed E-state index contributed by atoms with van der Waals surface area (Å²) in [4.78, 5) is 17.0. The Morgan fingerprint density at radius 2 is 1.85 bits per heavy atom. The van der Waals surface area contributed by atoms with E-state index >= 15 is 0 Å². The Bertz CT molecular complexity index is 1070. The third kappa shape index (κ3) is 3.67. The molecule has 0 aliphatic carbocycles. The number of aromatic nitrogens is 2. The third-order valence-electron chi connectivity index (χ3n) is 4.43. The monoisotopic (exact) mass is 356 g/mol. The van der Waals surface area contributed by atoms with E-state index in [9.17, 15) is 4.79 Å². The molecule has 0 spiro atoms. The number of carbonyl (C=O) groups excluding carboxylic acids is 1. The molecule has 0 saturated heterocycles. The summed E-state index contributed by atoms with van der Waals surface area (Å²) in [6.07, 6.45) is 4.80. The summed E-state index contributed by atoms with van der Waals surface area (Å²) in [5.41, 5.74) is 5.35. The van der Waals surface area contributed by atoms with Gasteiger partial charge in [0, 0.05) is 29.3 Å². The van der Waals surface area contributed by atoms with Crippen molar-refractivity contribution in [1.82, 2.24) is 9.38 Å². The molecule has 27 heavy (non-hydrogen) atoms. The number of urea groups is 1. The quantitative estimate of drug-likeness (QED) is 0.527. The zero-order chi connectivity index (χ0) is 18.6. The minimum atomic E-state index is -0.261. The number of anilines is 2. The van der Waals surface area contributed by atoms with E-state index in [-0.39, 0.29) is 6.03 Å². The summed E-state index contributed by atoms with van der Waals surface area (Å²) in [5.74, 6) is 0. The second-order valence-electron chi connectivity index (χ2n) is 6.26. The van der Waals surface area contributed by atoms with Crippen LogP contribution >= 0.6 is 0 Å². The molecule has 5 heteroatoms. The van der Waals surface area contributed by atoms with Crippen molar-refractivity contribution in [2.24, 2.45) is 0 Å². The summed E-state index contributed by atoms with van der Waals surface area (Å²) in [5, 5.41) is 5.82. The molecular weight excluding hydrogens is 336 g/mol. The van der Waals surface area contributed by atoms with Crippen molar-refractivity contribution < 1.29 is 4.79 Å². The van der Waals surface area contributed by atoms with E-state index in [1.54, 1.807) is 0 Å². The van der Waals surface area contributed by atoms with Crippen LogP contribution in [-0.4, -0.2) is 15.4 Å². The number of rotatable bonds is 4. The Hall–Kier alpha value is -3.60. The highest BCUT2D eigenvalue weighted by Crippen LogP contribution is 2.23. The van der Waals surface area contributed by atoms with E-state index in [2.05, 4.69) is 22.5 Å². The number of nitrogens with zero attached hydrogens (tertiary/aromatic N) is 2. The van der Waals surface area contributed by atoms with Crippen molar-refractivity contribution in [3.05, 3.63) is 84.7 Å². The number of amides is 2. The first-order valence-corrected chi connectivity index (χ1v) is 8.93. The summed E-state index contributed by atoms with van der Waals surface area (Å²) in [7, 11) is 0. The maximum atomic E-state index is 12.4. The first kappa shape index (κ1) is 16.8. The Morgan fingerprint density at radius 3 is 2.70 bits per heavy atom. The molecule has 2 amide bonds. The summed E-state index contributed by atoms with van der Waals surface area (Å²) in [6.45, 7) is 2.07. The number of nitrogens with one attached hydrogen (secondary N) is 2. The Labute approximate surface area is 157 Å². The Balaban J connectivity index is 1.53. The Morgan fingerprint density at radius 1 is 1.00 bits per heavy atom. The summed E-state index contributed by atoms with van der Waals surface area (Å²) in [6, 6.07) is 21.1. The second-order valence-corrected chi connectivity index (χ2v) is 6.26. The van der Waals surface area contributed by atoms with Gasteiger partial charge in [-0.25, -0.2) is 9.78 Å². The zero-order valence-corrected chi connectivity index (χ0v) is 15.0. The predicted octanol–water partition coefficient (Wildman–Crippen LogP) is 5.21. The number of para-hydroxylation sites is 1. The molecule has 4 aromatic rings. The fraction of sp³-hybridized carbons (Fsp3) is 0.0909. The standard InChI is InChI=1S/C22H20N4O/c1-2-16-8-3-4-11-19(16)25-22(27)23-18-10-7-9-17(14-18)20-15-26-13-6-5-12-21(26)24-20/h3-15H,2H2,1H3,(H2,23,25,27). The van der Waals surface area contributed by atoms with Crippen molar-refractivity contribution in [1.29, 1.82) is 0 Å². The highest BCUT2D eigenvalue weighted by molar-refractivity contribution is 6.00. The summed E-state index contributed by atoms with van der Waals surface area (Å²) < 4.78 is 1.98. The van der Waals surface area contributed by atoms with E-state index in [0.717, 1.165) is 40.3 Å². The molecule has 134 valence electrons. The van der Waals surface area contributed by atoms with Crippen LogP contribution in [0.15, 0.2) is 79.1 Å². The van der Waals surface area contributed by atoms with Gasteiger partial charge in [-0.2, -0.15) is 0 Å². The van der Waals surface area contributed by atoms with E-state index in [4.69, 9.17) is 0 Å². The van der Waals surface area contributed by atoms with Crippen molar-refractivity contribution in [2.45, 2.75) is 13.3 Å². The molecule has 4 rings (SSSR count). The summed E-state index contributed by atoms with van der Waals surface area (Å²) >= 11 is 0. The number of fused-ring (bicyclic) bond motifs is 1. The fourth-order valence-electron chi connectivity index (χ4n) is 3.07. The average molecular weight is 356 g/mol. The van der Waals surface area contributed by atoms with Gasteiger partial charge in [0.05, 0.1) is 5.69 Å². The number of imidazole rings is 1. The number of benzene rings is 2. The molecule has 0 bridgehead atoms. The van der Waals surface area contributed by atoms with Crippen LogP contribution in [0, 0.1) is 0 Å². The Kier molecular flexibility index (Phi) is 4.58. The molecule has 0 saturated carbocycles. The number of hydrogen-bond donors (Lipinski definition) is 2. The minimum absolute atomic E-state index is 0.261. The highest BCUT2D eigenvalue weighted by Gasteiger charge is 2.08. The maximum absolute atomic E-state index is 12.4. The molecule has 0 fully saturated rings. The minimum Gasteiger partial charge on any atom is -0.308 e. The number of aryl methyl sites for hydroxylation is 1. The molecule has 2 aromatic heterocycles. The molecule has 5 nitrogen and oxygen atoms in total. The molecule has 0 unspecified atom stereocenters. The SMILES string of the molecule is CCc1ccccc1NC(=O)Nc1cccc(-c2cn3ccccc3n2)c1. The van der Waals surface area contributed by atoms with Gasteiger partial charge in [0.25, 0.3) is 0 Å². The van der Waals surface area contributed by atoms with Crippen LogP contribution in [0.2, 0.25) is 0 Å². The van der Waals surface area contributed by atoms with Gasteiger partial charge in [0.15, 0.2) is 0 Å². The topological polar surface area (TPSA) is 58.4 Å². The van der Waals surface area contributed by atoms with Crippen LogP contribution in [-0.2, 0) is 6.42 Å². The van der Waals surface area contributed by atoms with Crippen molar-refractivity contribution >= 4 is 23.1 Å². The zero-order valence-electron chi connectivity index (χ0n) is 15.0. The van der Waals surface area contributed by atoms with Crippen molar-refractivity contribution in [3.8, 4) is 11.3 Å². The maximum Gasteiger partial charge on any atom is 0.323 e. The molecule has 0 aliphatic heterocycles. The van der Waals surface area contributed by atoms with Crippen LogP contribution < -0.4 is 10.6 Å². The largest absolute Gasteiger partial charge is 0.323 e.